The van der Waals surface area contributed by atoms with E-state index in [1.165, 1.54) is 12.2 Å². The van der Waals surface area contributed by atoms with Crippen molar-refractivity contribution in [3.8, 4) is 0 Å². The molecule has 0 amide bonds. The number of thioether (sulfide) groups is 1. The van der Waals surface area contributed by atoms with Gasteiger partial charge in [-0.15, -0.1) is 0 Å². The van der Waals surface area contributed by atoms with Crippen LogP contribution in [0.2, 0.25) is 0 Å². The molecule has 1 saturated heterocycles. The third-order valence-corrected chi connectivity index (χ3v) is 3.05. The van der Waals surface area contributed by atoms with E-state index in [2.05, 4.69) is 14.7 Å². The Morgan fingerprint density at radius 3 is 3.09 bits per heavy atom. The van der Waals surface area contributed by atoms with E-state index < -0.39 is 0 Å². The minimum atomic E-state index is 0.174. The molecule has 0 aliphatic carbocycles. The molecule has 2 N–H and O–H groups in total. The molecule has 2 rings (SSSR count). The van der Waals surface area contributed by atoms with Crippen LogP contribution in [0.5, 0.6) is 0 Å². The normalized spacial score (nSPS) is 24.2. The molecule has 1 fully saturated rings. The highest BCUT2D eigenvalue weighted by Gasteiger charge is 2.22. The molecule has 1 aliphatic rings. The standard InChI is InChI=1S/C6H9N3OS/c7-6-8-5(9-10-6)4-2-1-3-11-4/h4H,1-3H2,(H2,7,8,9). The summed E-state index contributed by atoms with van der Waals surface area (Å²) in [6, 6.07) is 0.174. The molecule has 0 aromatic carbocycles. The van der Waals surface area contributed by atoms with Crippen LogP contribution >= 0.6 is 11.8 Å². The number of hydrogen-bond acceptors (Lipinski definition) is 5. The van der Waals surface area contributed by atoms with Crippen molar-refractivity contribution in [1.29, 1.82) is 0 Å². The van der Waals surface area contributed by atoms with E-state index in [0.29, 0.717) is 5.25 Å². The Balaban J connectivity index is 2.15. The number of nitrogen functional groups attached to an aromatic ring is 1. The van der Waals surface area contributed by atoms with Gasteiger partial charge in [0.15, 0.2) is 5.82 Å². The Hall–Kier alpha value is -0.710. The number of aromatic nitrogens is 2. The van der Waals surface area contributed by atoms with Crippen molar-refractivity contribution < 1.29 is 4.52 Å². The van der Waals surface area contributed by atoms with Crippen molar-refractivity contribution in [2.75, 3.05) is 11.5 Å². The summed E-state index contributed by atoms with van der Waals surface area (Å²) < 4.78 is 4.68. The van der Waals surface area contributed by atoms with Gasteiger partial charge in [0.25, 0.3) is 0 Å². The third-order valence-electron chi connectivity index (χ3n) is 1.68. The van der Waals surface area contributed by atoms with Gasteiger partial charge >= 0.3 is 6.01 Å². The Labute approximate surface area is 68.5 Å². The second kappa shape index (κ2) is 2.73. The highest BCUT2D eigenvalue weighted by molar-refractivity contribution is 7.99. The minimum Gasteiger partial charge on any atom is -0.351 e. The monoisotopic (exact) mass is 171 g/mol. The van der Waals surface area contributed by atoms with E-state index in [1.807, 2.05) is 11.8 Å². The van der Waals surface area contributed by atoms with Crippen LogP contribution in [-0.2, 0) is 0 Å². The molecule has 1 aliphatic heterocycles. The number of rotatable bonds is 1. The maximum atomic E-state index is 5.30. The Morgan fingerprint density at radius 1 is 1.64 bits per heavy atom. The Kier molecular flexibility index (Phi) is 1.73. The van der Waals surface area contributed by atoms with Crippen LogP contribution in [0.4, 0.5) is 6.01 Å². The molecule has 1 aromatic rings. The lowest BCUT2D eigenvalue weighted by atomic mass is 10.2. The summed E-state index contributed by atoms with van der Waals surface area (Å²) in [4.78, 5) is 3.97. The summed E-state index contributed by atoms with van der Waals surface area (Å²) in [7, 11) is 0. The molecule has 0 radical (unpaired) electrons. The number of hydrogen-bond donors (Lipinski definition) is 1. The quantitative estimate of drug-likeness (QED) is 0.688. The van der Waals surface area contributed by atoms with Crippen LogP contribution in [-0.4, -0.2) is 15.9 Å². The van der Waals surface area contributed by atoms with Gasteiger partial charge in [0, 0.05) is 0 Å². The number of anilines is 1. The van der Waals surface area contributed by atoms with Crippen molar-refractivity contribution in [3.05, 3.63) is 5.82 Å². The van der Waals surface area contributed by atoms with Crippen molar-refractivity contribution >= 4 is 17.8 Å². The number of nitrogens with zero attached hydrogens (tertiary/aromatic N) is 2. The number of nitrogens with two attached hydrogens (primary N) is 1. The molecule has 5 heteroatoms. The van der Waals surface area contributed by atoms with Gasteiger partial charge in [0.1, 0.15) is 0 Å². The van der Waals surface area contributed by atoms with Crippen LogP contribution in [0.15, 0.2) is 4.52 Å². The van der Waals surface area contributed by atoms with E-state index in [4.69, 9.17) is 5.73 Å². The molecule has 1 aromatic heterocycles. The van der Waals surface area contributed by atoms with Gasteiger partial charge in [0.05, 0.1) is 5.25 Å². The van der Waals surface area contributed by atoms with E-state index in [-0.39, 0.29) is 6.01 Å². The predicted octanol–water partition coefficient (Wildman–Crippen LogP) is 1.22. The summed E-state index contributed by atoms with van der Waals surface area (Å²) >= 11 is 1.87. The maximum absolute atomic E-state index is 5.30. The zero-order chi connectivity index (χ0) is 7.68. The van der Waals surface area contributed by atoms with E-state index in [1.54, 1.807) is 0 Å². The first-order chi connectivity index (χ1) is 5.36. The van der Waals surface area contributed by atoms with Crippen molar-refractivity contribution in [1.82, 2.24) is 10.1 Å². The SMILES string of the molecule is Nc1nc(C2CCCS2)no1. The molecule has 1 atom stereocenters. The molecule has 0 spiro atoms. The fraction of sp³-hybridized carbons (Fsp3) is 0.667. The highest BCUT2D eigenvalue weighted by atomic mass is 32.2. The lowest BCUT2D eigenvalue weighted by Gasteiger charge is -1.98. The van der Waals surface area contributed by atoms with Gasteiger partial charge in [-0.2, -0.15) is 16.7 Å². The molecule has 0 bridgehead atoms. The first-order valence-electron chi connectivity index (χ1n) is 3.57. The average Bonchev–Trinajstić information content (AvgIpc) is 2.55. The van der Waals surface area contributed by atoms with Crippen LogP contribution in [0.25, 0.3) is 0 Å². The molecule has 1 unspecified atom stereocenters. The minimum absolute atomic E-state index is 0.174. The van der Waals surface area contributed by atoms with E-state index in [0.717, 1.165) is 12.2 Å². The Morgan fingerprint density at radius 2 is 2.55 bits per heavy atom. The van der Waals surface area contributed by atoms with Gasteiger partial charge in [-0.05, 0) is 18.6 Å². The van der Waals surface area contributed by atoms with Gasteiger partial charge in [-0.1, -0.05) is 5.16 Å². The van der Waals surface area contributed by atoms with Gasteiger partial charge in [-0.25, -0.2) is 0 Å². The smallest absolute Gasteiger partial charge is 0.318 e. The fourth-order valence-electron chi connectivity index (χ4n) is 1.16. The van der Waals surface area contributed by atoms with Crippen molar-refractivity contribution in [3.63, 3.8) is 0 Å². The molecular formula is C6H9N3OS. The largest absolute Gasteiger partial charge is 0.351 e. The molecule has 60 valence electrons. The van der Waals surface area contributed by atoms with Gasteiger partial charge in [0.2, 0.25) is 0 Å². The molecule has 0 saturated carbocycles. The first-order valence-corrected chi connectivity index (χ1v) is 4.62. The predicted molar refractivity (Wildman–Crippen MR) is 43.1 cm³/mol. The zero-order valence-electron chi connectivity index (χ0n) is 5.99. The summed E-state index contributed by atoms with van der Waals surface area (Å²) in [5, 5.41) is 4.18. The molecule has 4 nitrogen and oxygen atoms in total. The van der Waals surface area contributed by atoms with Crippen LogP contribution < -0.4 is 5.73 Å². The zero-order valence-corrected chi connectivity index (χ0v) is 6.80. The summed E-state index contributed by atoms with van der Waals surface area (Å²) in [6.45, 7) is 0. The van der Waals surface area contributed by atoms with Crippen LogP contribution in [0.1, 0.15) is 23.9 Å². The van der Waals surface area contributed by atoms with E-state index >= 15 is 0 Å². The molecular weight excluding hydrogens is 162 g/mol. The van der Waals surface area contributed by atoms with Gasteiger partial charge < -0.3 is 10.3 Å². The van der Waals surface area contributed by atoms with Crippen molar-refractivity contribution in [2.24, 2.45) is 0 Å². The second-order valence-electron chi connectivity index (χ2n) is 2.49. The average molecular weight is 171 g/mol. The van der Waals surface area contributed by atoms with Gasteiger partial charge in [-0.3, -0.25) is 0 Å². The van der Waals surface area contributed by atoms with Crippen LogP contribution in [0, 0.1) is 0 Å². The first kappa shape index (κ1) is 6.97. The second-order valence-corrected chi connectivity index (χ2v) is 3.80. The fourth-order valence-corrected chi connectivity index (χ4v) is 2.36. The summed E-state index contributed by atoms with van der Waals surface area (Å²) in [6.07, 6.45) is 2.38. The molecule has 2 heterocycles. The summed E-state index contributed by atoms with van der Waals surface area (Å²) in [5.41, 5.74) is 5.30. The van der Waals surface area contributed by atoms with E-state index in [9.17, 15) is 0 Å². The van der Waals surface area contributed by atoms with Crippen LogP contribution in [0.3, 0.4) is 0 Å². The Bertz CT molecular complexity index is 244. The van der Waals surface area contributed by atoms with Crippen molar-refractivity contribution in [2.45, 2.75) is 18.1 Å². The lowest BCUT2D eigenvalue weighted by Crippen LogP contribution is -1.91. The maximum Gasteiger partial charge on any atom is 0.318 e. The topological polar surface area (TPSA) is 64.9 Å². The summed E-state index contributed by atoms with van der Waals surface area (Å²) in [5.74, 6) is 1.95. The lowest BCUT2D eigenvalue weighted by molar-refractivity contribution is 0.425. The molecule has 11 heavy (non-hydrogen) atoms. The third kappa shape index (κ3) is 1.33. The highest BCUT2D eigenvalue weighted by Crippen LogP contribution is 2.38.